The van der Waals surface area contributed by atoms with Crippen molar-refractivity contribution in [3.8, 4) is 6.07 Å². The predicted molar refractivity (Wildman–Crippen MR) is 57.4 cm³/mol. The number of carboxylic acid groups (broad SMARTS) is 1. The van der Waals surface area contributed by atoms with Crippen molar-refractivity contribution in [2.75, 3.05) is 0 Å². The Balaban J connectivity index is 2.59. The van der Waals surface area contributed by atoms with E-state index in [-0.39, 0.29) is 5.57 Å². The van der Waals surface area contributed by atoms with E-state index in [9.17, 15) is 4.79 Å². The topological polar surface area (TPSA) is 61.1 Å². The molecular formula is C11H9NO2S. The second-order valence-corrected chi connectivity index (χ2v) is 4.38. The maximum atomic E-state index is 10.9. The Morgan fingerprint density at radius 2 is 2.33 bits per heavy atom. The first-order valence-corrected chi connectivity index (χ1v) is 5.55. The van der Waals surface area contributed by atoms with E-state index in [0.717, 1.165) is 18.4 Å². The molecule has 76 valence electrons. The van der Waals surface area contributed by atoms with Crippen LogP contribution in [0.15, 0.2) is 17.0 Å². The largest absolute Gasteiger partial charge is 0.477 e. The van der Waals surface area contributed by atoms with Crippen LogP contribution in [0.5, 0.6) is 0 Å². The van der Waals surface area contributed by atoms with Crippen molar-refractivity contribution >= 4 is 22.9 Å². The maximum absolute atomic E-state index is 10.9. The third kappa shape index (κ3) is 1.66. The van der Waals surface area contributed by atoms with Crippen LogP contribution in [0.4, 0.5) is 0 Å². The van der Waals surface area contributed by atoms with Gasteiger partial charge in [-0.05, 0) is 41.8 Å². The lowest BCUT2D eigenvalue weighted by atomic mass is 9.90. The summed E-state index contributed by atoms with van der Waals surface area (Å²) in [7, 11) is 0. The van der Waals surface area contributed by atoms with Gasteiger partial charge in [0, 0.05) is 4.88 Å². The molecule has 2 rings (SSSR count). The maximum Gasteiger partial charge on any atom is 0.346 e. The Hall–Kier alpha value is -1.60. The standard InChI is InChI=1S/C11H9NO2S/c12-6-9(11(13)14)7-2-1-3-10-8(7)4-5-15-10/h4-5H,1-3H2,(H,13,14). The van der Waals surface area contributed by atoms with Gasteiger partial charge in [0.2, 0.25) is 0 Å². The van der Waals surface area contributed by atoms with Crippen LogP contribution >= 0.6 is 11.3 Å². The van der Waals surface area contributed by atoms with Gasteiger partial charge >= 0.3 is 5.97 Å². The number of hydrogen-bond acceptors (Lipinski definition) is 3. The molecule has 0 radical (unpaired) electrons. The molecule has 1 aliphatic carbocycles. The molecule has 0 bridgehead atoms. The molecule has 0 saturated carbocycles. The van der Waals surface area contributed by atoms with Crippen LogP contribution in [0.2, 0.25) is 0 Å². The van der Waals surface area contributed by atoms with Crippen molar-refractivity contribution in [3.63, 3.8) is 0 Å². The Labute approximate surface area is 91.3 Å². The molecule has 0 saturated heterocycles. The molecule has 1 aromatic heterocycles. The van der Waals surface area contributed by atoms with Gasteiger partial charge in [0.05, 0.1) is 0 Å². The molecule has 0 aromatic carbocycles. The lowest BCUT2D eigenvalue weighted by Gasteiger charge is -2.15. The molecule has 15 heavy (non-hydrogen) atoms. The smallest absolute Gasteiger partial charge is 0.346 e. The third-order valence-corrected chi connectivity index (χ3v) is 3.51. The van der Waals surface area contributed by atoms with Crippen molar-refractivity contribution in [2.24, 2.45) is 0 Å². The molecule has 0 spiro atoms. The minimum absolute atomic E-state index is 0.102. The van der Waals surface area contributed by atoms with Crippen LogP contribution in [-0.4, -0.2) is 11.1 Å². The first-order valence-electron chi connectivity index (χ1n) is 4.67. The molecule has 4 heteroatoms. The number of hydrogen-bond donors (Lipinski definition) is 1. The van der Waals surface area contributed by atoms with Gasteiger partial charge in [0.15, 0.2) is 0 Å². The number of allylic oxidation sites excluding steroid dienone is 1. The highest BCUT2D eigenvalue weighted by molar-refractivity contribution is 7.10. The second kappa shape index (κ2) is 3.87. The number of thiophene rings is 1. The Bertz CT molecular complexity index is 479. The lowest BCUT2D eigenvalue weighted by Crippen LogP contribution is -2.06. The van der Waals surface area contributed by atoms with Gasteiger partial charge in [0.25, 0.3) is 0 Å². The number of carbonyl (C=O) groups is 1. The number of carboxylic acids is 1. The van der Waals surface area contributed by atoms with E-state index < -0.39 is 5.97 Å². The van der Waals surface area contributed by atoms with E-state index in [1.807, 2.05) is 11.4 Å². The number of rotatable bonds is 1. The molecule has 1 aromatic rings. The van der Waals surface area contributed by atoms with E-state index in [0.29, 0.717) is 12.0 Å². The number of fused-ring (bicyclic) bond motifs is 1. The summed E-state index contributed by atoms with van der Waals surface area (Å²) in [4.78, 5) is 12.1. The number of aliphatic carboxylic acids is 1. The second-order valence-electron chi connectivity index (χ2n) is 3.38. The van der Waals surface area contributed by atoms with Gasteiger partial charge < -0.3 is 5.11 Å². The minimum atomic E-state index is -1.12. The van der Waals surface area contributed by atoms with Gasteiger partial charge in [-0.15, -0.1) is 11.3 Å². The average Bonchev–Trinajstić information content (AvgIpc) is 2.66. The first-order chi connectivity index (χ1) is 7.24. The van der Waals surface area contributed by atoms with Crippen LogP contribution in [0.3, 0.4) is 0 Å². The SMILES string of the molecule is N#CC(C(=O)O)=C1CCCc2sccc21. The van der Waals surface area contributed by atoms with Crippen molar-refractivity contribution in [3.05, 3.63) is 27.5 Å². The monoisotopic (exact) mass is 219 g/mol. The van der Waals surface area contributed by atoms with Gasteiger partial charge in [-0.3, -0.25) is 0 Å². The average molecular weight is 219 g/mol. The van der Waals surface area contributed by atoms with Crippen LogP contribution in [0.25, 0.3) is 5.57 Å². The van der Waals surface area contributed by atoms with Crippen molar-refractivity contribution in [1.29, 1.82) is 5.26 Å². The van der Waals surface area contributed by atoms with Crippen molar-refractivity contribution in [2.45, 2.75) is 19.3 Å². The lowest BCUT2D eigenvalue weighted by molar-refractivity contribution is -0.132. The summed E-state index contributed by atoms with van der Waals surface area (Å²) in [6.45, 7) is 0. The van der Waals surface area contributed by atoms with Crippen LogP contribution in [-0.2, 0) is 11.2 Å². The number of nitrogens with zero attached hydrogens (tertiary/aromatic N) is 1. The summed E-state index contributed by atoms with van der Waals surface area (Å²) in [5.74, 6) is -1.12. The van der Waals surface area contributed by atoms with E-state index in [1.165, 1.54) is 4.88 Å². The highest BCUT2D eigenvalue weighted by atomic mass is 32.1. The highest BCUT2D eigenvalue weighted by Gasteiger charge is 2.21. The normalized spacial score (nSPS) is 17.8. The molecule has 1 heterocycles. The Morgan fingerprint density at radius 3 is 3.00 bits per heavy atom. The van der Waals surface area contributed by atoms with Crippen molar-refractivity contribution < 1.29 is 9.90 Å². The van der Waals surface area contributed by atoms with Gasteiger partial charge in [-0.1, -0.05) is 0 Å². The summed E-state index contributed by atoms with van der Waals surface area (Å²) < 4.78 is 0. The van der Waals surface area contributed by atoms with E-state index in [1.54, 1.807) is 17.4 Å². The van der Waals surface area contributed by atoms with Gasteiger partial charge in [0.1, 0.15) is 11.6 Å². The Morgan fingerprint density at radius 1 is 1.53 bits per heavy atom. The fraction of sp³-hybridized carbons (Fsp3) is 0.273. The fourth-order valence-corrected chi connectivity index (χ4v) is 2.82. The molecular weight excluding hydrogens is 210 g/mol. The zero-order valence-electron chi connectivity index (χ0n) is 7.99. The molecule has 0 amide bonds. The van der Waals surface area contributed by atoms with E-state index >= 15 is 0 Å². The summed E-state index contributed by atoms with van der Waals surface area (Å²) >= 11 is 1.63. The minimum Gasteiger partial charge on any atom is -0.477 e. The van der Waals surface area contributed by atoms with Crippen LogP contribution < -0.4 is 0 Å². The summed E-state index contributed by atoms with van der Waals surface area (Å²) in [5.41, 5.74) is 1.56. The third-order valence-electron chi connectivity index (χ3n) is 2.53. The number of nitriles is 1. The summed E-state index contributed by atoms with van der Waals surface area (Å²) in [5, 5.41) is 19.7. The van der Waals surface area contributed by atoms with Crippen molar-refractivity contribution in [1.82, 2.24) is 0 Å². The van der Waals surface area contributed by atoms with Crippen LogP contribution in [0, 0.1) is 11.3 Å². The molecule has 1 aliphatic rings. The molecule has 3 nitrogen and oxygen atoms in total. The quantitative estimate of drug-likeness (QED) is 0.583. The van der Waals surface area contributed by atoms with E-state index in [4.69, 9.17) is 10.4 Å². The van der Waals surface area contributed by atoms with Gasteiger partial charge in [-0.2, -0.15) is 5.26 Å². The summed E-state index contributed by atoms with van der Waals surface area (Å²) in [6.07, 6.45) is 2.62. The molecule has 0 aliphatic heterocycles. The van der Waals surface area contributed by atoms with E-state index in [2.05, 4.69) is 0 Å². The Kier molecular flexibility index (Phi) is 2.57. The predicted octanol–water partition coefficient (Wildman–Crippen LogP) is 2.45. The molecule has 0 atom stereocenters. The molecule has 0 fully saturated rings. The summed E-state index contributed by atoms with van der Waals surface area (Å²) in [6, 6.07) is 3.70. The molecule has 0 unspecified atom stereocenters. The number of aryl methyl sites for hydroxylation is 1. The first kappa shape index (κ1) is 9.94. The van der Waals surface area contributed by atoms with Gasteiger partial charge in [-0.25, -0.2) is 4.79 Å². The zero-order chi connectivity index (χ0) is 10.8. The highest BCUT2D eigenvalue weighted by Crippen LogP contribution is 2.35. The zero-order valence-corrected chi connectivity index (χ0v) is 8.80. The fourth-order valence-electron chi connectivity index (χ4n) is 1.87. The van der Waals surface area contributed by atoms with Crippen LogP contribution in [0.1, 0.15) is 23.3 Å². The molecule has 1 N–H and O–H groups in total.